The second kappa shape index (κ2) is 16.1. The predicted octanol–water partition coefficient (Wildman–Crippen LogP) is 5.96. The van der Waals surface area contributed by atoms with Gasteiger partial charge in [0, 0.05) is 70.0 Å². The molecule has 0 aliphatic carbocycles. The first-order valence-corrected chi connectivity index (χ1v) is 18.3. The van der Waals surface area contributed by atoms with Gasteiger partial charge in [-0.05, 0) is 94.1 Å². The smallest absolute Gasteiger partial charge is 0.416 e. The molecule has 6 rings (SSSR count). The van der Waals surface area contributed by atoms with E-state index < -0.39 is 53.6 Å². The molecule has 0 radical (unpaired) electrons. The van der Waals surface area contributed by atoms with Crippen LogP contribution in [0.3, 0.4) is 0 Å². The molecule has 0 saturated carbocycles. The van der Waals surface area contributed by atoms with Crippen LogP contribution in [0.2, 0.25) is 0 Å². The molecule has 1 atom stereocenters. The number of amides is 4. The van der Waals surface area contributed by atoms with E-state index in [1.54, 1.807) is 4.90 Å². The molecular formula is C37H46F6N6O4. The predicted molar refractivity (Wildman–Crippen MR) is 184 cm³/mol. The molecule has 16 heteroatoms. The first kappa shape index (κ1) is 38.7. The fraction of sp³-hybridized carbons (Fsp3) is 0.595. The zero-order valence-corrected chi connectivity index (χ0v) is 29.7. The van der Waals surface area contributed by atoms with Crippen molar-refractivity contribution in [3.63, 3.8) is 0 Å². The molecule has 3 saturated heterocycles. The Morgan fingerprint density at radius 2 is 1.42 bits per heavy atom. The minimum atomic E-state index is -5.08. The maximum Gasteiger partial charge on any atom is 0.416 e. The number of nitrogens with zero attached hydrogens (tertiary/aromatic N) is 5. The van der Waals surface area contributed by atoms with Gasteiger partial charge in [-0.3, -0.25) is 9.69 Å². The number of piperidine rings is 2. The number of alkyl halides is 6. The molecule has 2 aromatic rings. The van der Waals surface area contributed by atoms with Crippen molar-refractivity contribution in [3.8, 4) is 0 Å². The Bertz CT molecular complexity index is 1590. The minimum Gasteiger partial charge on any atom is -0.436 e. The fourth-order valence-corrected chi connectivity index (χ4v) is 7.91. The summed E-state index contributed by atoms with van der Waals surface area (Å²) < 4.78 is 88.1. The molecule has 4 aliphatic heterocycles. The Hall–Kier alpha value is -4.05. The van der Waals surface area contributed by atoms with Crippen molar-refractivity contribution >= 4 is 23.7 Å². The lowest BCUT2D eigenvalue weighted by molar-refractivity contribution is -0.143. The molecule has 0 aromatic heterocycles. The third-order valence-corrected chi connectivity index (χ3v) is 10.9. The van der Waals surface area contributed by atoms with Gasteiger partial charge >= 0.3 is 24.5 Å². The number of nitrogens with one attached hydrogen (secondary N) is 1. The number of rotatable bonds is 6. The second-order valence-corrected chi connectivity index (χ2v) is 14.5. The number of hydrogen-bond donors (Lipinski definition) is 1. The molecule has 4 heterocycles. The number of halogens is 6. The van der Waals surface area contributed by atoms with Crippen molar-refractivity contribution < 1.29 is 45.5 Å². The first-order chi connectivity index (χ1) is 25.2. The normalized spacial score (nSPS) is 21.0. The first-order valence-electron chi connectivity index (χ1n) is 18.3. The maximum atomic E-state index is 14.0. The van der Waals surface area contributed by atoms with Gasteiger partial charge in [0.2, 0.25) is 0 Å². The molecule has 0 bridgehead atoms. The van der Waals surface area contributed by atoms with Gasteiger partial charge in [0.1, 0.15) is 0 Å². The number of urea groups is 1. The summed E-state index contributed by atoms with van der Waals surface area (Å²) in [5, 5.41) is 2.94. The summed E-state index contributed by atoms with van der Waals surface area (Å²) in [6.07, 6.45) is -9.58. The highest BCUT2D eigenvalue weighted by Crippen LogP contribution is 2.37. The number of hydrogen-bond acceptors (Lipinski definition) is 6. The molecule has 0 unspecified atom stereocenters. The van der Waals surface area contributed by atoms with Crippen molar-refractivity contribution in [1.82, 2.24) is 24.5 Å². The Labute approximate surface area is 305 Å². The Morgan fingerprint density at radius 3 is 2.08 bits per heavy atom. The van der Waals surface area contributed by atoms with Crippen LogP contribution in [0.15, 0.2) is 42.5 Å². The summed E-state index contributed by atoms with van der Waals surface area (Å²) in [4.78, 5) is 49.9. The van der Waals surface area contributed by atoms with E-state index in [9.17, 15) is 40.7 Å². The van der Waals surface area contributed by atoms with Gasteiger partial charge < -0.3 is 29.7 Å². The number of para-hydroxylation sites is 1. The highest BCUT2D eigenvalue weighted by molar-refractivity contribution is 5.91. The lowest BCUT2D eigenvalue weighted by atomic mass is 9.98. The Morgan fingerprint density at radius 1 is 0.792 bits per heavy atom. The summed E-state index contributed by atoms with van der Waals surface area (Å²) in [7, 11) is 2.07. The second-order valence-electron chi connectivity index (χ2n) is 14.5. The topological polar surface area (TPSA) is 88.7 Å². The Balaban J connectivity index is 1.15. The summed E-state index contributed by atoms with van der Waals surface area (Å²) >= 11 is 0. The van der Waals surface area contributed by atoms with Crippen LogP contribution in [0.1, 0.15) is 54.4 Å². The van der Waals surface area contributed by atoms with Crippen LogP contribution in [0, 0.1) is 0 Å². The number of likely N-dealkylation sites (tertiary alicyclic amines) is 2. The van der Waals surface area contributed by atoms with Crippen LogP contribution in [-0.4, -0.2) is 127 Å². The average molecular weight is 753 g/mol. The molecule has 0 spiro atoms. The van der Waals surface area contributed by atoms with E-state index in [4.69, 9.17) is 4.74 Å². The van der Waals surface area contributed by atoms with Crippen molar-refractivity contribution in [2.75, 3.05) is 71.3 Å². The van der Waals surface area contributed by atoms with E-state index >= 15 is 0 Å². The molecule has 3 fully saturated rings. The number of ether oxygens (including phenoxy) is 1. The van der Waals surface area contributed by atoms with Crippen LogP contribution in [0.5, 0.6) is 0 Å². The lowest BCUT2D eigenvalue weighted by Gasteiger charge is -2.40. The zero-order valence-electron chi connectivity index (χ0n) is 29.7. The number of likely N-dealkylation sites (N-methyl/N-ethyl adjacent to an activating group) is 1. The SMILES string of the molecule is CN1CCCN(C2CCN(C(=O)[C@@H](Cc3cc(C(F)(F)F)cc(C(F)(F)F)c3)OC(=O)N3CCC(N4CCc5ccccc5NC4=O)CC3)CC2)CC1. The number of fused-ring (bicyclic) bond motifs is 1. The molecule has 2 aromatic carbocycles. The molecular weight excluding hydrogens is 706 g/mol. The fourth-order valence-electron chi connectivity index (χ4n) is 7.91. The van der Waals surface area contributed by atoms with Gasteiger partial charge in [-0.1, -0.05) is 18.2 Å². The van der Waals surface area contributed by atoms with Crippen LogP contribution >= 0.6 is 0 Å². The van der Waals surface area contributed by atoms with Crippen molar-refractivity contribution in [2.24, 2.45) is 0 Å². The highest BCUT2D eigenvalue weighted by Gasteiger charge is 2.40. The number of carbonyl (C=O) groups excluding carboxylic acids is 3. The third kappa shape index (κ3) is 9.55. The maximum absolute atomic E-state index is 14.0. The largest absolute Gasteiger partial charge is 0.436 e. The van der Waals surface area contributed by atoms with Crippen molar-refractivity contribution in [1.29, 1.82) is 0 Å². The quantitative estimate of drug-likeness (QED) is 0.367. The van der Waals surface area contributed by atoms with Gasteiger partial charge in [0.15, 0.2) is 6.10 Å². The third-order valence-electron chi connectivity index (χ3n) is 10.9. The zero-order chi connectivity index (χ0) is 37.9. The summed E-state index contributed by atoms with van der Waals surface area (Å²) in [6.45, 7) is 5.19. The van der Waals surface area contributed by atoms with Crippen LogP contribution < -0.4 is 5.32 Å². The van der Waals surface area contributed by atoms with E-state index in [1.807, 2.05) is 24.3 Å². The molecule has 4 aliphatic rings. The van der Waals surface area contributed by atoms with Gasteiger partial charge in [-0.15, -0.1) is 0 Å². The van der Waals surface area contributed by atoms with Crippen LogP contribution in [-0.2, 0) is 34.7 Å². The van der Waals surface area contributed by atoms with E-state index in [2.05, 4.69) is 22.2 Å². The molecule has 53 heavy (non-hydrogen) atoms. The van der Waals surface area contributed by atoms with Crippen LogP contribution in [0.4, 0.5) is 41.6 Å². The lowest BCUT2D eigenvalue weighted by Crippen LogP contribution is -2.53. The van der Waals surface area contributed by atoms with Crippen LogP contribution in [0.25, 0.3) is 0 Å². The van der Waals surface area contributed by atoms with Gasteiger partial charge in [0.05, 0.1) is 11.1 Å². The molecule has 1 N–H and O–H groups in total. The Kier molecular flexibility index (Phi) is 11.8. The van der Waals surface area contributed by atoms with E-state index in [-0.39, 0.29) is 37.3 Å². The number of carbonyl (C=O) groups is 3. The molecule has 4 amide bonds. The van der Waals surface area contributed by atoms with E-state index in [0.717, 1.165) is 43.9 Å². The van der Waals surface area contributed by atoms with Gasteiger partial charge in [0.25, 0.3) is 5.91 Å². The molecule has 290 valence electrons. The standard InChI is InChI=1S/C37H46F6N6O4/c1-45-12-4-13-46(20-19-45)29-8-14-47(15-9-29)33(50)32(23-25-21-27(36(38,39)40)24-28(22-25)37(41,42)43)53-35(52)48-16-10-30(11-17-48)49-18-7-26-5-2-3-6-31(26)44-34(49)51/h2-3,5-6,21-22,24,29-30,32H,4,7-20,23H2,1H3,(H,44,51)/t32-/m1/s1. The van der Waals surface area contributed by atoms with E-state index in [1.165, 1.54) is 9.80 Å². The number of benzene rings is 2. The highest BCUT2D eigenvalue weighted by atomic mass is 19.4. The van der Waals surface area contributed by atoms with Crippen molar-refractivity contribution in [2.45, 2.75) is 75.5 Å². The monoisotopic (exact) mass is 752 g/mol. The van der Waals surface area contributed by atoms with Crippen molar-refractivity contribution in [3.05, 3.63) is 64.7 Å². The molecule has 10 nitrogen and oxygen atoms in total. The summed E-state index contributed by atoms with van der Waals surface area (Å²) in [6, 6.07) is 8.53. The summed E-state index contributed by atoms with van der Waals surface area (Å²) in [5.41, 5.74) is -1.67. The number of anilines is 1. The minimum absolute atomic E-state index is 0.0329. The van der Waals surface area contributed by atoms with E-state index in [0.29, 0.717) is 63.9 Å². The van der Waals surface area contributed by atoms with Gasteiger partial charge in [-0.2, -0.15) is 26.3 Å². The average Bonchev–Trinajstić information content (AvgIpc) is 3.45. The summed E-state index contributed by atoms with van der Waals surface area (Å²) in [5.74, 6) is -0.658. The van der Waals surface area contributed by atoms with Gasteiger partial charge in [-0.25, -0.2) is 9.59 Å².